The van der Waals surface area contributed by atoms with E-state index in [2.05, 4.69) is 29.0 Å². The molecule has 2 aromatic rings. The summed E-state index contributed by atoms with van der Waals surface area (Å²) >= 11 is 1.59. The molecular weight excluding hydrogens is 346 g/mol. The zero-order valence-corrected chi connectivity index (χ0v) is 16.4. The number of rotatable bonds is 8. The van der Waals surface area contributed by atoms with Crippen LogP contribution in [0, 0.1) is 0 Å². The Morgan fingerprint density at radius 1 is 1.35 bits per heavy atom. The van der Waals surface area contributed by atoms with Crippen molar-refractivity contribution in [1.82, 2.24) is 9.88 Å². The van der Waals surface area contributed by atoms with Gasteiger partial charge in [-0.05, 0) is 31.2 Å². The van der Waals surface area contributed by atoms with Crippen molar-refractivity contribution >= 4 is 22.4 Å². The monoisotopic (exact) mass is 373 g/mol. The Morgan fingerprint density at radius 3 is 3.04 bits per heavy atom. The van der Waals surface area contributed by atoms with Gasteiger partial charge in [0, 0.05) is 30.0 Å². The lowest BCUT2D eigenvalue weighted by molar-refractivity contribution is 0.102. The van der Waals surface area contributed by atoms with E-state index in [-0.39, 0.29) is 5.91 Å². The van der Waals surface area contributed by atoms with E-state index in [9.17, 15) is 4.79 Å². The van der Waals surface area contributed by atoms with E-state index >= 15 is 0 Å². The minimum Gasteiger partial charge on any atom is -0.494 e. The van der Waals surface area contributed by atoms with Crippen molar-refractivity contribution in [2.75, 3.05) is 25.0 Å². The van der Waals surface area contributed by atoms with Crippen molar-refractivity contribution in [2.24, 2.45) is 0 Å². The number of carbonyl (C=O) groups is 1. The van der Waals surface area contributed by atoms with Crippen LogP contribution in [0.2, 0.25) is 0 Å². The molecule has 6 heteroatoms. The van der Waals surface area contributed by atoms with E-state index in [4.69, 9.17) is 4.74 Å². The number of aromatic nitrogens is 1. The lowest BCUT2D eigenvalue weighted by atomic mass is 10.2. The van der Waals surface area contributed by atoms with Crippen LogP contribution in [0.3, 0.4) is 0 Å². The summed E-state index contributed by atoms with van der Waals surface area (Å²) in [4.78, 5) is 20.8. The van der Waals surface area contributed by atoms with Crippen LogP contribution in [0.25, 0.3) is 0 Å². The predicted molar refractivity (Wildman–Crippen MR) is 106 cm³/mol. The minimum atomic E-state index is -0.137. The Balaban J connectivity index is 1.61. The number of anilines is 1. The number of fused-ring (bicyclic) bond motifs is 1. The molecule has 26 heavy (non-hydrogen) atoms. The molecule has 0 saturated carbocycles. The number of nitrogens with one attached hydrogen (secondary N) is 1. The summed E-state index contributed by atoms with van der Waals surface area (Å²) in [6.07, 6.45) is 4.31. The third kappa shape index (κ3) is 4.83. The van der Waals surface area contributed by atoms with Gasteiger partial charge in [-0.15, -0.1) is 11.3 Å². The van der Waals surface area contributed by atoms with Crippen molar-refractivity contribution in [1.29, 1.82) is 0 Å². The molecule has 0 bridgehead atoms. The highest BCUT2D eigenvalue weighted by atomic mass is 32.1. The van der Waals surface area contributed by atoms with Crippen molar-refractivity contribution in [3.8, 4) is 5.75 Å². The molecule has 3 rings (SSSR count). The van der Waals surface area contributed by atoms with E-state index in [1.165, 1.54) is 11.3 Å². The Hall–Kier alpha value is -1.92. The average Bonchev–Trinajstić information content (AvgIpc) is 3.06. The normalized spacial score (nSPS) is 14.1. The van der Waals surface area contributed by atoms with Gasteiger partial charge in [-0.3, -0.25) is 15.0 Å². The number of amides is 1. The number of nitrogens with zero attached hydrogens (tertiary/aromatic N) is 2. The van der Waals surface area contributed by atoms with E-state index in [0.717, 1.165) is 50.3 Å². The van der Waals surface area contributed by atoms with E-state index in [0.29, 0.717) is 17.3 Å². The van der Waals surface area contributed by atoms with Crippen LogP contribution in [-0.2, 0) is 13.0 Å². The second-order valence-corrected chi connectivity index (χ2v) is 7.63. The van der Waals surface area contributed by atoms with Gasteiger partial charge in [-0.25, -0.2) is 4.98 Å². The highest BCUT2D eigenvalue weighted by molar-refractivity contribution is 7.15. The Bertz CT molecular complexity index is 744. The largest absolute Gasteiger partial charge is 0.494 e. The maximum Gasteiger partial charge on any atom is 0.257 e. The number of ether oxygens (including phenoxy) is 1. The lowest BCUT2D eigenvalue weighted by Crippen LogP contribution is -2.29. The van der Waals surface area contributed by atoms with Crippen LogP contribution in [0.1, 0.15) is 54.0 Å². The van der Waals surface area contributed by atoms with E-state index in [1.807, 2.05) is 12.1 Å². The predicted octanol–water partition coefficient (Wildman–Crippen LogP) is 4.34. The van der Waals surface area contributed by atoms with Gasteiger partial charge >= 0.3 is 0 Å². The van der Waals surface area contributed by atoms with Crippen LogP contribution in [0.5, 0.6) is 5.75 Å². The minimum absolute atomic E-state index is 0.137. The highest BCUT2D eigenvalue weighted by Gasteiger charge is 2.20. The summed E-state index contributed by atoms with van der Waals surface area (Å²) in [7, 11) is 0. The van der Waals surface area contributed by atoms with Crippen molar-refractivity contribution in [2.45, 2.75) is 46.1 Å². The first-order valence-corrected chi connectivity index (χ1v) is 10.3. The van der Waals surface area contributed by atoms with Crippen molar-refractivity contribution < 1.29 is 9.53 Å². The fourth-order valence-corrected chi connectivity index (χ4v) is 4.06. The molecule has 0 unspecified atom stereocenters. The third-order valence-corrected chi connectivity index (χ3v) is 5.59. The van der Waals surface area contributed by atoms with E-state index < -0.39 is 0 Å². The van der Waals surface area contributed by atoms with Gasteiger partial charge in [0.1, 0.15) is 5.75 Å². The second kappa shape index (κ2) is 9.14. The maximum atomic E-state index is 12.6. The number of likely N-dealkylation sites (N-methyl/N-ethyl adjacent to an activating group) is 1. The molecule has 1 N–H and O–H groups in total. The molecule has 1 amide bonds. The summed E-state index contributed by atoms with van der Waals surface area (Å²) in [5, 5.41) is 3.63. The first-order chi connectivity index (χ1) is 12.7. The molecule has 0 aliphatic carbocycles. The zero-order valence-electron chi connectivity index (χ0n) is 15.6. The van der Waals surface area contributed by atoms with Gasteiger partial charge in [0.15, 0.2) is 5.13 Å². The molecule has 0 atom stereocenters. The number of hydrogen-bond acceptors (Lipinski definition) is 5. The molecule has 2 heterocycles. The Labute approximate surface area is 159 Å². The molecule has 0 saturated heterocycles. The smallest absolute Gasteiger partial charge is 0.257 e. The highest BCUT2D eigenvalue weighted by Crippen LogP contribution is 2.28. The van der Waals surface area contributed by atoms with Gasteiger partial charge in [-0.1, -0.05) is 32.8 Å². The van der Waals surface area contributed by atoms with Gasteiger partial charge < -0.3 is 4.74 Å². The first kappa shape index (κ1) is 18.9. The third-order valence-electron chi connectivity index (χ3n) is 4.59. The Morgan fingerprint density at radius 2 is 2.23 bits per heavy atom. The van der Waals surface area contributed by atoms with Crippen LogP contribution in [-0.4, -0.2) is 35.5 Å². The molecule has 140 valence electrons. The summed E-state index contributed by atoms with van der Waals surface area (Å²) in [6, 6.07) is 7.36. The fourth-order valence-electron chi connectivity index (χ4n) is 3.01. The lowest BCUT2D eigenvalue weighted by Gasteiger charge is -2.23. The molecule has 0 fully saturated rings. The molecule has 0 radical (unpaired) electrons. The van der Waals surface area contributed by atoms with E-state index in [1.54, 1.807) is 23.5 Å². The summed E-state index contributed by atoms with van der Waals surface area (Å²) in [5.41, 5.74) is 1.73. The molecule has 1 aliphatic heterocycles. The Kier molecular flexibility index (Phi) is 6.63. The van der Waals surface area contributed by atoms with Crippen LogP contribution in [0.4, 0.5) is 5.13 Å². The molecule has 0 spiro atoms. The maximum absolute atomic E-state index is 12.6. The summed E-state index contributed by atoms with van der Waals surface area (Å²) in [5.74, 6) is 0.605. The molecule has 1 aromatic heterocycles. The number of benzene rings is 1. The van der Waals surface area contributed by atoms with Crippen molar-refractivity contribution in [3.63, 3.8) is 0 Å². The van der Waals surface area contributed by atoms with Gasteiger partial charge in [0.25, 0.3) is 5.91 Å². The van der Waals surface area contributed by atoms with Crippen LogP contribution in [0.15, 0.2) is 24.3 Å². The summed E-state index contributed by atoms with van der Waals surface area (Å²) in [6.45, 7) is 8.04. The quantitative estimate of drug-likeness (QED) is 0.699. The van der Waals surface area contributed by atoms with Crippen LogP contribution >= 0.6 is 11.3 Å². The van der Waals surface area contributed by atoms with Gasteiger partial charge in [-0.2, -0.15) is 0 Å². The number of thiazole rings is 1. The zero-order chi connectivity index (χ0) is 18.4. The number of carbonyl (C=O) groups excluding carboxylic acids is 1. The molecular formula is C20H27N3O2S. The molecule has 5 nitrogen and oxygen atoms in total. The van der Waals surface area contributed by atoms with Crippen LogP contribution < -0.4 is 10.1 Å². The topological polar surface area (TPSA) is 54.5 Å². The second-order valence-electron chi connectivity index (χ2n) is 6.55. The first-order valence-electron chi connectivity index (χ1n) is 9.44. The molecule has 1 aromatic carbocycles. The number of unbranched alkanes of at least 4 members (excludes halogenated alkanes) is 2. The van der Waals surface area contributed by atoms with Gasteiger partial charge in [0.2, 0.25) is 0 Å². The van der Waals surface area contributed by atoms with Gasteiger partial charge in [0.05, 0.1) is 12.3 Å². The molecule has 1 aliphatic rings. The SMILES string of the molecule is CCCCCOc1cccc(C(=O)Nc2nc3c(s2)CN(CC)CC3)c1. The fraction of sp³-hybridized carbons (Fsp3) is 0.500. The average molecular weight is 374 g/mol. The van der Waals surface area contributed by atoms with Crippen molar-refractivity contribution in [3.05, 3.63) is 40.4 Å². The standard InChI is InChI=1S/C20H27N3O2S/c1-3-5-6-12-25-16-9-7-8-15(13-16)19(24)22-20-21-17-10-11-23(4-2)14-18(17)26-20/h7-9,13H,3-6,10-12,14H2,1-2H3,(H,21,22,24). The number of hydrogen-bond donors (Lipinski definition) is 1. The summed E-state index contributed by atoms with van der Waals surface area (Å²) < 4.78 is 5.74.